The maximum absolute atomic E-state index is 12.2. The van der Waals surface area contributed by atoms with Crippen LogP contribution in [0, 0.1) is 0 Å². The fourth-order valence-electron chi connectivity index (χ4n) is 3.10. The number of hydrogen-bond donors (Lipinski definition) is 0. The molecule has 2 rings (SSSR count). The lowest BCUT2D eigenvalue weighted by Gasteiger charge is -2.12. The van der Waals surface area contributed by atoms with E-state index in [9.17, 15) is 4.79 Å². The number of rotatable bonds is 12. The maximum Gasteiger partial charge on any atom is 0.338 e. The normalized spacial score (nSPS) is 12.2. The van der Waals surface area contributed by atoms with E-state index in [1.807, 2.05) is 24.3 Å². The van der Waals surface area contributed by atoms with E-state index in [0.717, 1.165) is 37.7 Å². The minimum absolute atomic E-state index is 0.108. The molecule has 0 saturated carbocycles. The number of allylic oxidation sites excluding steroid dienone is 1. The molecule has 1 atom stereocenters. The van der Waals surface area contributed by atoms with E-state index in [-0.39, 0.29) is 11.9 Å². The van der Waals surface area contributed by atoms with E-state index in [1.165, 1.54) is 30.9 Å². The number of aryl methyl sites for hydroxylation is 1. The number of esters is 1. The third kappa shape index (κ3) is 8.03. The smallest absolute Gasteiger partial charge is 0.338 e. The molecule has 0 spiro atoms. The van der Waals surface area contributed by atoms with Gasteiger partial charge in [0.1, 0.15) is 0 Å². The molecule has 1 unspecified atom stereocenters. The minimum Gasteiger partial charge on any atom is -0.388 e. The van der Waals surface area contributed by atoms with Crippen molar-refractivity contribution >= 4 is 5.97 Å². The minimum atomic E-state index is -0.437. The molecule has 1 heterocycles. The van der Waals surface area contributed by atoms with Crippen LogP contribution in [0.15, 0.2) is 54.9 Å². The number of nitrogens with zero attached hydrogens (tertiary/aromatic N) is 2. The molecule has 0 fully saturated rings. The van der Waals surface area contributed by atoms with Crippen LogP contribution in [0.1, 0.15) is 75.8 Å². The topological polar surface area (TPSA) is 52.1 Å². The zero-order valence-corrected chi connectivity index (χ0v) is 17.1. The van der Waals surface area contributed by atoms with Crippen LogP contribution >= 0.6 is 0 Å². The molecule has 4 heteroatoms. The highest BCUT2D eigenvalue weighted by Gasteiger charge is 2.09. The Morgan fingerprint density at radius 1 is 1.00 bits per heavy atom. The van der Waals surface area contributed by atoms with Gasteiger partial charge in [-0.05, 0) is 30.4 Å². The molecular formula is C24H32N2O2. The molecule has 1 aromatic heterocycles. The molecule has 0 N–H and O–H groups in total. The van der Waals surface area contributed by atoms with Gasteiger partial charge in [0.2, 0.25) is 0 Å². The fraction of sp³-hybridized carbons (Fsp3) is 0.458. The first kappa shape index (κ1) is 21.8. The Hall–Kier alpha value is -2.49. The summed E-state index contributed by atoms with van der Waals surface area (Å²) in [7, 11) is 0. The third-order valence-corrected chi connectivity index (χ3v) is 4.75. The van der Waals surface area contributed by atoms with Gasteiger partial charge in [-0.2, -0.15) is 0 Å². The summed E-state index contributed by atoms with van der Waals surface area (Å²) in [6.07, 6.45) is 16.0. The lowest BCUT2D eigenvalue weighted by molar-refractivity contribution is -0.129. The predicted molar refractivity (Wildman–Crippen MR) is 113 cm³/mol. The number of ether oxygens (including phenoxy) is 1. The summed E-state index contributed by atoms with van der Waals surface area (Å²) in [6.45, 7) is 4.37. The lowest BCUT2D eigenvalue weighted by Crippen LogP contribution is -2.08. The quantitative estimate of drug-likeness (QED) is 0.256. The monoisotopic (exact) mass is 380 g/mol. The second kappa shape index (κ2) is 12.8. The Bertz CT molecular complexity index is 711. The average Bonchev–Trinajstić information content (AvgIpc) is 2.73. The summed E-state index contributed by atoms with van der Waals surface area (Å²) in [5.41, 5.74) is 2.29. The zero-order valence-electron chi connectivity index (χ0n) is 17.1. The molecule has 0 aliphatic rings. The average molecular weight is 381 g/mol. The molecule has 0 aliphatic heterocycles. The Morgan fingerprint density at radius 2 is 1.71 bits per heavy atom. The number of carbonyl (C=O) groups is 1. The van der Waals surface area contributed by atoms with Crippen LogP contribution in [0.5, 0.6) is 6.01 Å². The van der Waals surface area contributed by atoms with Gasteiger partial charge in [0.25, 0.3) is 0 Å². The van der Waals surface area contributed by atoms with Crippen LogP contribution in [0.2, 0.25) is 0 Å². The van der Waals surface area contributed by atoms with Crippen LogP contribution in [0.3, 0.4) is 0 Å². The Labute approximate surface area is 169 Å². The molecule has 2 aromatic rings. The first-order valence-electron chi connectivity index (χ1n) is 10.5. The van der Waals surface area contributed by atoms with Gasteiger partial charge >= 0.3 is 12.0 Å². The van der Waals surface area contributed by atoms with Gasteiger partial charge in [0, 0.05) is 24.4 Å². The van der Waals surface area contributed by atoms with E-state index >= 15 is 0 Å². The van der Waals surface area contributed by atoms with Crippen molar-refractivity contribution in [2.24, 2.45) is 0 Å². The SMILES string of the molecule is CCCCCCc1cnc(OC(=O)/C=C/C(CCCC)c2ccccc2)nc1. The van der Waals surface area contributed by atoms with E-state index in [1.54, 1.807) is 12.4 Å². The van der Waals surface area contributed by atoms with Crippen molar-refractivity contribution in [1.82, 2.24) is 9.97 Å². The molecular weight excluding hydrogens is 348 g/mol. The molecule has 0 radical (unpaired) electrons. The van der Waals surface area contributed by atoms with Gasteiger partial charge in [-0.25, -0.2) is 14.8 Å². The van der Waals surface area contributed by atoms with Crippen molar-refractivity contribution in [1.29, 1.82) is 0 Å². The Morgan fingerprint density at radius 3 is 2.39 bits per heavy atom. The second-order valence-corrected chi connectivity index (χ2v) is 7.12. The van der Waals surface area contributed by atoms with E-state index in [2.05, 4.69) is 35.9 Å². The third-order valence-electron chi connectivity index (χ3n) is 4.75. The van der Waals surface area contributed by atoms with Crippen molar-refractivity contribution in [3.05, 3.63) is 66.0 Å². The van der Waals surface area contributed by atoms with E-state index in [4.69, 9.17) is 4.74 Å². The number of benzene rings is 1. The van der Waals surface area contributed by atoms with Crippen LogP contribution in [-0.4, -0.2) is 15.9 Å². The summed E-state index contributed by atoms with van der Waals surface area (Å²) < 4.78 is 5.26. The highest BCUT2D eigenvalue weighted by molar-refractivity contribution is 5.83. The second-order valence-electron chi connectivity index (χ2n) is 7.12. The largest absolute Gasteiger partial charge is 0.388 e. The lowest BCUT2D eigenvalue weighted by atomic mass is 9.93. The summed E-state index contributed by atoms with van der Waals surface area (Å²) in [5, 5.41) is 0. The zero-order chi connectivity index (χ0) is 20.0. The van der Waals surface area contributed by atoms with Gasteiger partial charge in [0.05, 0.1) is 0 Å². The molecule has 150 valence electrons. The van der Waals surface area contributed by atoms with Crippen molar-refractivity contribution in [2.75, 3.05) is 0 Å². The number of carbonyl (C=O) groups excluding carboxylic acids is 1. The molecule has 0 amide bonds. The molecule has 0 bridgehead atoms. The summed E-state index contributed by atoms with van der Waals surface area (Å²) in [6, 6.07) is 10.4. The van der Waals surface area contributed by atoms with E-state index in [0.29, 0.717) is 0 Å². The van der Waals surface area contributed by atoms with Crippen LogP contribution < -0.4 is 4.74 Å². The van der Waals surface area contributed by atoms with E-state index < -0.39 is 5.97 Å². The van der Waals surface area contributed by atoms with Gasteiger partial charge < -0.3 is 4.74 Å². The first-order valence-corrected chi connectivity index (χ1v) is 10.5. The summed E-state index contributed by atoms with van der Waals surface area (Å²) in [4.78, 5) is 20.5. The van der Waals surface area contributed by atoms with Gasteiger partial charge in [-0.3, -0.25) is 0 Å². The molecule has 0 aliphatic carbocycles. The van der Waals surface area contributed by atoms with Gasteiger partial charge in [-0.15, -0.1) is 0 Å². The predicted octanol–water partition coefficient (Wildman–Crippen LogP) is 6.04. The highest BCUT2D eigenvalue weighted by atomic mass is 16.5. The van der Waals surface area contributed by atoms with Crippen LogP contribution in [-0.2, 0) is 11.2 Å². The number of hydrogen-bond acceptors (Lipinski definition) is 4. The van der Waals surface area contributed by atoms with Crippen LogP contribution in [0.25, 0.3) is 0 Å². The summed E-state index contributed by atoms with van der Waals surface area (Å²) >= 11 is 0. The fourth-order valence-corrected chi connectivity index (χ4v) is 3.10. The number of aromatic nitrogens is 2. The van der Waals surface area contributed by atoms with Gasteiger partial charge in [-0.1, -0.05) is 82.4 Å². The van der Waals surface area contributed by atoms with Crippen molar-refractivity contribution in [3.63, 3.8) is 0 Å². The summed E-state index contributed by atoms with van der Waals surface area (Å²) in [5.74, 6) is -0.228. The van der Waals surface area contributed by atoms with Crippen molar-refractivity contribution in [3.8, 4) is 6.01 Å². The Balaban J connectivity index is 1.88. The molecule has 0 saturated heterocycles. The first-order chi connectivity index (χ1) is 13.7. The molecule has 28 heavy (non-hydrogen) atoms. The molecule has 4 nitrogen and oxygen atoms in total. The molecule has 1 aromatic carbocycles. The number of unbranched alkanes of at least 4 members (excludes halogenated alkanes) is 4. The van der Waals surface area contributed by atoms with Gasteiger partial charge in [0.15, 0.2) is 0 Å². The standard InChI is InChI=1S/C24H32N2O2/c1-3-5-7-9-12-20-18-25-24(26-19-20)28-23(27)17-16-22(13-6-4-2)21-14-10-8-11-15-21/h8,10-11,14-19,22H,3-7,9,12-13H2,1-2H3/b17-16+. The van der Waals surface area contributed by atoms with Crippen molar-refractivity contribution < 1.29 is 9.53 Å². The highest BCUT2D eigenvalue weighted by Crippen LogP contribution is 2.23. The Kier molecular flexibility index (Phi) is 9.98. The van der Waals surface area contributed by atoms with Crippen LogP contribution in [0.4, 0.5) is 0 Å². The van der Waals surface area contributed by atoms with Crippen molar-refractivity contribution in [2.45, 2.75) is 71.1 Å². The maximum atomic E-state index is 12.2.